The van der Waals surface area contributed by atoms with E-state index in [0.29, 0.717) is 52.4 Å². The number of rotatable bonds is 10. The number of nitrogens with zero attached hydrogens (tertiary/aromatic N) is 4. The number of hydrogen-bond donors (Lipinski definition) is 0. The minimum absolute atomic E-state index is 0.0107. The molecule has 2 saturated heterocycles. The highest BCUT2D eigenvalue weighted by molar-refractivity contribution is 5.94. The number of carbonyl (C=O) groups excluding carboxylic acids is 3. The summed E-state index contributed by atoms with van der Waals surface area (Å²) in [6.07, 6.45) is 6.21. The Kier molecular flexibility index (Phi) is 11.6. The van der Waals surface area contributed by atoms with E-state index >= 15 is 0 Å². The Morgan fingerprint density at radius 2 is 1.77 bits per heavy atom. The van der Waals surface area contributed by atoms with Gasteiger partial charge in [0.25, 0.3) is 5.91 Å². The Balaban J connectivity index is 1.65. The predicted molar refractivity (Wildman–Crippen MR) is 165 cm³/mol. The van der Waals surface area contributed by atoms with Gasteiger partial charge in [0.05, 0.1) is 25.2 Å². The zero-order valence-corrected chi connectivity index (χ0v) is 27.4. The first-order valence-corrected chi connectivity index (χ1v) is 16.3. The maximum absolute atomic E-state index is 14.6. The van der Waals surface area contributed by atoms with Crippen LogP contribution in [0.2, 0.25) is 0 Å². The summed E-state index contributed by atoms with van der Waals surface area (Å²) in [5, 5.41) is 0. The second kappa shape index (κ2) is 14.9. The van der Waals surface area contributed by atoms with E-state index in [4.69, 9.17) is 14.2 Å². The number of methoxy groups -OCH3 is 1. The first-order chi connectivity index (χ1) is 20.5. The van der Waals surface area contributed by atoms with Gasteiger partial charge in [-0.2, -0.15) is 0 Å². The van der Waals surface area contributed by atoms with Crippen molar-refractivity contribution in [3.8, 4) is 0 Å². The Bertz CT molecular complexity index is 1100. The first-order valence-electron chi connectivity index (χ1n) is 16.3. The minimum atomic E-state index is -0.663. The van der Waals surface area contributed by atoms with Crippen LogP contribution in [0.25, 0.3) is 0 Å². The highest BCUT2D eigenvalue weighted by Crippen LogP contribution is 2.30. The van der Waals surface area contributed by atoms with E-state index in [0.717, 1.165) is 50.8 Å². The Labute approximate surface area is 258 Å². The number of hydrogen-bond acceptors (Lipinski definition) is 6. The summed E-state index contributed by atoms with van der Waals surface area (Å²) in [6.45, 7) is 14.5. The summed E-state index contributed by atoms with van der Waals surface area (Å²) in [5.41, 5.74) is 2.64. The molecule has 3 heterocycles. The molecule has 2 atom stereocenters. The van der Waals surface area contributed by atoms with Gasteiger partial charge in [0.1, 0.15) is 11.3 Å². The smallest absolute Gasteiger partial charge is 0.410 e. The van der Waals surface area contributed by atoms with Crippen molar-refractivity contribution in [3.05, 3.63) is 23.0 Å². The topological polar surface area (TPSA) is 93.5 Å². The molecule has 242 valence electrons. The quantitative estimate of drug-likeness (QED) is 0.369. The van der Waals surface area contributed by atoms with Gasteiger partial charge in [-0.1, -0.05) is 13.8 Å². The molecule has 43 heavy (non-hydrogen) atoms. The molecule has 0 N–H and O–H groups in total. The van der Waals surface area contributed by atoms with E-state index in [1.807, 2.05) is 30.6 Å². The molecule has 1 aromatic heterocycles. The van der Waals surface area contributed by atoms with Crippen molar-refractivity contribution in [2.24, 2.45) is 11.8 Å². The van der Waals surface area contributed by atoms with E-state index in [1.165, 1.54) is 11.3 Å². The molecule has 4 rings (SSSR count). The summed E-state index contributed by atoms with van der Waals surface area (Å²) in [5.74, 6) is -0.186. The molecular formula is C33H54N4O6. The molecule has 0 spiro atoms. The van der Waals surface area contributed by atoms with Crippen LogP contribution in [-0.2, 0) is 38.4 Å². The van der Waals surface area contributed by atoms with E-state index in [-0.39, 0.29) is 30.3 Å². The number of amides is 3. The highest BCUT2D eigenvalue weighted by Gasteiger charge is 2.41. The van der Waals surface area contributed by atoms with Crippen LogP contribution in [0.3, 0.4) is 0 Å². The first kappa shape index (κ1) is 33.3. The van der Waals surface area contributed by atoms with Crippen LogP contribution in [0.4, 0.5) is 4.79 Å². The van der Waals surface area contributed by atoms with Gasteiger partial charge < -0.3 is 33.5 Å². The van der Waals surface area contributed by atoms with Crippen LogP contribution >= 0.6 is 0 Å². The van der Waals surface area contributed by atoms with Crippen LogP contribution < -0.4 is 0 Å². The normalized spacial score (nSPS) is 21.1. The number of fused-ring (bicyclic) bond motifs is 1. The van der Waals surface area contributed by atoms with Crippen molar-refractivity contribution < 1.29 is 28.6 Å². The summed E-state index contributed by atoms with van der Waals surface area (Å²) < 4.78 is 18.8. The van der Waals surface area contributed by atoms with Crippen LogP contribution in [0.5, 0.6) is 0 Å². The van der Waals surface area contributed by atoms with Crippen LogP contribution in [0, 0.1) is 11.8 Å². The lowest BCUT2D eigenvalue weighted by Crippen LogP contribution is -2.58. The molecule has 0 aromatic carbocycles. The van der Waals surface area contributed by atoms with E-state index in [9.17, 15) is 14.4 Å². The SMILES string of the molecule is COCCCCn1c(C(=O)N(CC(C)C)[C@H]2C[C@@H](C(=O)N3CCOCC3)CN(C(=O)OC(C)(C)C)C2)cc2c1CCCC2. The molecular weight excluding hydrogens is 548 g/mol. The van der Waals surface area contributed by atoms with Crippen molar-refractivity contribution in [2.75, 3.05) is 59.7 Å². The van der Waals surface area contributed by atoms with Gasteiger partial charge in [-0.3, -0.25) is 9.59 Å². The number of ether oxygens (including phenoxy) is 3. The van der Waals surface area contributed by atoms with E-state index < -0.39 is 17.6 Å². The molecule has 3 aliphatic rings. The Morgan fingerprint density at radius 1 is 1.05 bits per heavy atom. The minimum Gasteiger partial charge on any atom is -0.444 e. The fourth-order valence-electron chi connectivity index (χ4n) is 6.65. The lowest BCUT2D eigenvalue weighted by molar-refractivity contribution is -0.142. The van der Waals surface area contributed by atoms with Crippen molar-refractivity contribution in [1.82, 2.24) is 19.3 Å². The molecule has 0 unspecified atom stereocenters. The summed E-state index contributed by atoms with van der Waals surface area (Å²) in [6, 6.07) is 1.81. The van der Waals surface area contributed by atoms with Gasteiger partial charge in [0.15, 0.2) is 0 Å². The molecule has 3 amide bonds. The fraction of sp³-hybridized carbons (Fsp3) is 0.788. The van der Waals surface area contributed by atoms with Gasteiger partial charge in [-0.25, -0.2) is 4.79 Å². The van der Waals surface area contributed by atoms with E-state index in [2.05, 4.69) is 24.5 Å². The number of piperidine rings is 1. The van der Waals surface area contributed by atoms with Gasteiger partial charge in [-0.15, -0.1) is 0 Å². The molecule has 0 saturated carbocycles. The maximum Gasteiger partial charge on any atom is 0.410 e. The van der Waals surface area contributed by atoms with Gasteiger partial charge in [-0.05, 0) is 83.3 Å². The third-order valence-electron chi connectivity index (χ3n) is 8.62. The number of carbonyl (C=O) groups is 3. The average Bonchev–Trinajstić information content (AvgIpc) is 3.35. The molecule has 1 aliphatic carbocycles. The Hall–Kier alpha value is -2.59. The van der Waals surface area contributed by atoms with Crippen molar-refractivity contribution >= 4 is 17.9 Å². The third kappa shape index (κ3) is 8.75. The van der Waals surface area contributed by atoms with Crippen molar-refractivity contribution in [2.45, 2.75) is 97.8 Å². The molecule has 0 radical (unpaired) electrons. The number of aromatic nitrogens is 1. The van der Waals surface area contributed by atoms with E-state index in [1.54, 1.807) is 12.0 Å². The molecule has 1 aromatic rings. The van der Waals surface area contributed by atoms with Gasteiger partial charge in [0, 0.05) is 58.7 Å². The monoisotopic (exact) mass is 602 g/mol. The second-order valence-electron chi connectivity index (χ2n) is 13.8. The maximum atomic E-state index is 14.6. The van der Waals surface area contributed by atoms with Crippen molar-refractivity contribution in [3.63, 3.8) is 0 Å². The molecule has 2 fully saturated rings. The second-order valence-corrected chi connectivity index (χ2v) is 13.8. The highest BCUT2D eigenvalue weighted by atomic mass is 16.6. The zero-order chi connectivity index (χ0) is 31.1. The largest absolute Gasteiger partial charge is 0.444 e. The number of unbranched alkanes of at least 4 members (excludes halogenated alkanes) is 1. The van der Waals surface area contributed by atoms with Crippen LogP contribution in [0.15, 0.2) is 6.07 Å². The molecule has 10 nitrogen and oxygen atoms in total. The average molecular weight is 603 g/mol. The standard InChI is InChI=1S/C33H54N4O6/c1-24(2)21-37(31(39)29-20-25-11-7-8-12-28(25)36(29)13-9-10-16-41-6)27-19-26(30(38)34-14-17-42-18-15-34)22-35(23-27)32(40)43-33(3,4)5/h20,24,26-27H,7-19,21-23H2,1-6H3/t26-,27+/m1/s1. The van der Waals surface area contributed by atoms with Gasteiger partial charge in [0.2, 0.25) is 5.91 Å². The fourth-order valence-corrected chi connectivity index (χ4v) is 6.65. The van der Waals surface area contributed by atoms with Crippen molar-refractivity contribution in [1.29, 1.82) is 0 Å². The number of likely N-dealkylation sites (tertiary alicyclic amines) is 1. The summed E-state index contributed by atoms with van der Waals surface area (Å²) in [4.78, 5) is 47.2. The zero-order valence-electron chi connectivity index (χ0n) is 27.4. The lowest BCUT2D eigenvalue weighted by atomic mass is 9.91. The molecule has 2 aliphatic heterocycles. The molecule has 0 bridgehead atoms. The lowest BCUT2D eigenvalue weighted by Gasteiger charge is -2.44. The number of morpholine rings is 1. The number of aryl methyl sites for hydroxylation is 1. The summed E-state index contributed by atoms with van der Waals surface area (Å²) >= 11 is 0. The van der Waals surface area contributed by atoms with Gasteiger partial charge >= 0.3 is 6.09 Å². The van der Waals surface area contributed by atoms with Crippen LogP contribution in [0.1, 0.15) is 88.5 Å². The van der Waals surface area contributed by atoms with Crippen LogP contribution in [-0.4, -0.2) is 108 Å². The molecule has 10 heteroatoms. The predicted octanol–water partition coefficient (Wildman–Crippen LogP) is 4.38. The summed E-state index contributed by atoms with van der Waals surface area (Å²) in [7, 11) is 1.72. The Morgan fingerprint density at radius 3 is 2.44 bits per heavy atom. The third-order valence-corrected chi connectivity index (χ3v) is 8.62.